The first kappa shape index (κ1) is 9.98. The van der Waals surface area contributed by atoms with Crippen LogP contribution in [0.1, 0.15) is 25.7 Å². The summed E-state index contributed by atoms with van der Waals surface area (Å²) in [5, 5.41) is 14.2. The van der Waals surface area contributed by atoms with E-state index in [0.29, 0.717) is 6.04 Å². The SMILES string of the molecule is CNCc1nnc(NC)n1C(C)C. The molecular formula is C8H17N5. The van der Waals surface area contributed by atoms with Crippen LogP contribution in [0.4, 0.5) is 5.95 Å². The van der Waals surface area contributed by atoms with Crippen molar-refractivity contribution in [1.29, 1.82) is 0 Å². The lowest BCUT2D eigenvalue weighted by molar-refractivity contribution is 0.560. The monoisotopic (exact) mass is 183 g/mol. The van der Waals surface area contributed by atoms with Crippen molar-refractivity contribution in [2.45, 2.75) is 26.4 Å². The molecule has 0 radical (unpaired) electrons. The van der Waals surface area contributed by atoms with Crippen LogP contribution in [0.5, 0.6) is 0 Å². The Labute approximate surface area is 78.5 Å². The number of aromatic nitrogens is 3. The van der Waals surface area contributed by atoms with Crippen LogP contribution < -0.4 is 10.6 Å². The highest BCUT2D eigenvalue weighted by molar-refractivity contribution is 5.25. The van der Waals surface area contributed by atoms with Crippen LogP contribution in [0.15, 0.2) is 0 Å². The Balaban J connectivity index is 2.99. The largest absolute Gasteiger partial charge is 0.357 e. The molecule has 0 amide bonds. The van der Waals surface area contributed by atoms with Crippen LogP contribution in [-0.2, 0) is 6.54 Å². The summed E-state index contributed by atoms with van der Waals surface area (Å²) < 4.78 is 2.08. The predicted molar refractivity (Wildman–Crippen MR) is 52.7 cm³/mol. The van der Waals surface area contributed by atoms with Gasteiger partial charge in [0.15, 0.2) is 0 Å². The van der Waals surface area contributed by atoms with E-state index in [4.69, 9.17) is 0 Å². The van der Waals surface area contributed by atoms with Gasteiger partial charge in [-0.2, -0.15) is 0 Å². The molecule has 13 heavy (non-hydrogen) atoms. The van der Waals surface area contributed by atoms with E-state index in [1.165, 1.54) is 0 Å². The topological polar surface area (TPSA) is 54.8 Å². The molecule has 0 saturated heterocycles. The summed E-state index contributed by atoms with van der Waals surface area (Å²) in [4.78, 5) is 0. The lowest BCUT2D eigenvalue weighted by Gasteiger charge is -2.12. The van der Waals surface area contributed by atoms with Crippen molar-refractivity contribution >= 4 is 5.95 Å². The molecule has 0 aliphatic rings. The highest BCUT2D eigenvalue weighted by Gasteiger charge is 2.11. The van der Waals surface area contributed by atoms with Gasteiger partial charge in [0.1, 0.15) is 5.82 Å². The zero-order chi connectivity index (χ0) is 9.84. The van der Waals surface area contributed by atoms with Gasteiger partial charge in [0.05, 0.1) is 6.54 Å². The number of nitrogens with one attached hydrogen (secondary N) is 2. The zero-order valence-electron chi connectivity index (χ0n) is 8.63. The average molecular weight is 183 g/mol. The second kappa shape index (κ2) is 4.23. The Morgan fingerprint density at radius 2 is 2.00 bits per heavy atom. The van der Waals surface area contributed by atoms with Gasteiger partial charge in [-0.3, -0.25) is 4.57 Å². The first-order valence-corrected chi connectivity index (χ1v) is 4.46. The standard InChI is InChI=1S/C8H17N5/c1-6(2)13-7(5-9-3)11-12-8(13)10-4/h6,9H,5H2,1-4H3,(H,10,12). The van der Waals surface area contributed by atoms with Crippen LogP contribution in [-0.4, -0.2) is 28.9 Å². The average Bonchev–Trinajstić information content (AvgIpc) is 2.48. The molecule has 0 fully saturated rings. The molecule has 2 N–H and O–H groups in total. The normalized spacial score (nSPS) is 10.8. The predicted octanol–water partition coefficient (Wildman–Crippen LogP) is 0.620. The molecule has 1 rings (SSSR count). The number of hydrogen-bond acceptors (Lipinski definition) is 4. The lowest BCUT2D eigenvalue weighted by Crippen LogP contribution is -2.15. The molecule has 0 bridgehead atoms. The Morgan fingerprint density at radius 3 is 2.46 bits per heavy atom. The van der Waals surface area contributed by atoms with Crippen molar-refractivity contribution in [2.24, 2.45) is 0 Å². The summed E-state index contributed by atoms with van der Waals surface area (Å²) in [6, 6.07) is 0.376. The maximum Gasteiger partial charge on any atom is 0.224 e. The second-order valence-electron chi connectivity index (χ2n) is 3.18. The van der Waals surface area contributed by atoms with E-state index in [1.54, 1.807) is 0 Å². The molecule has 0 spiro atoms. The minimum absolute atomic E-state index is 0.376. The van der Waals surface area contributed by atoms with Crippen molar-refractivity contribution in [1.82, 2.24) is 20.1 Å². The lowest BCUT2D eigenvalue weighted by atomic mass is 10.4. The van der Waals surface area contributed by atoms with Crippen molar-refractivity contribution in [3.05, 3.63) is 5.82 Å². The first-order valence-electron chi connectivity index (χ1n) is 4.46. The summed E-state index contributed by atoms with van der Waals surface area (Å²) in [7, 11) is 3.75. The Morgan fingerprint density at radius 1 is 1.31 bits per heavy atom. The molecule has 74 valence electrons. The molecule has 5 nitrogen and oxygen atoms in total. The van der Waals surface area contributed by atoms with E-state index >= 15 is 0 Å². The minimum atomic E-state index is 0.376. The molecule has 0 atom stereocenters. The van der Waals surface area contributed by atoms with Gasteiger partial charge in [0.2, 0.25) is 5.95 Å². The quantitative estimate of drug-likeness (QED) is 0.718. The van der Waals surface area contributed by atoms with Crippen LogP contribution in [0, 0.1) is 0 Å². The molecular weight excluding hydrogens is 166 g/mol. The minimum Gasteiger partial charge on any atom is -0.357 e. The van der Waals surface area contributed by atoms with Gasteiger partial charge in [-0.1, -0.05) is 0 Å². The van der Waals surface area contributed by atoms with E-state index < -0.39 is 0 Å². The van der Waals surface area contributed by atoms with Gasteiger partial charge >= 0.3 is 0 Å². The van der Waals surface area contributed by atoms with Gasteiger partial charge in [0.25, 0.3) is 0 Å². The fraction of sp³-hybridized carbons (Fsp3) is 0.750. The number of hydrogen-bond donors (Lipinski definition) is 2. The third-order valence-electron chi connectivity index (χ3n) is 1.84. The summed E-state index contributed by atoms with van der Waals surface area (Å²) in [5.74, 6) is 1.78. The molecule has 0 unspecified atom stereocenters. The maximum atomic E-state index is 4.09. The van der Waals surface area contributed by atoms with E-state index in [9.17, 15) is 0 Å². The molecule has 1 aromatic heterocycles. The molecule has 0 saturated carbocycles. The van der Waals surface area contributed by atoms with Crippen molar-refractivity contribution in [3.8, 4) is 0 Å². The van der Waals surface area contributed by atoms with Gasteiger partial charge in [-0.15, -0.1) is 10.2 Å². The summed E-state index contributed by atoms with van der Waals surface area (Å²) in [6.07, 6.45) is 0. The number of anilines is 1. The highest BCUT2D eigenvalue weighted by Crippen LogP contribution is 2.14. The van der Waals surface area contributed by atoms with E-state index in [-0.39, 0.29) is 0 Å². The third kappa shape index (κ3) is 1.98. The van der Waals surface area contributed by atoms with Gasteiger partial charge in [-0.25, -0.2) is 0 Å². The third-order valence-corrected chi connectivity index (χ3v) is 1.84. The van der Waals surface area contributed by atoms with Crippen LogP contribution in [0.2, 0.25) is 0 Å². The highest BCUT2D eigenvalue weighted by atomic mass is 15.4. The van der Waals surface area contributed by atoms with Gasteiger partial charge < -0.3 is 10.6 Å². The fourth-order valence-electron chi connectivity index (χ4n) is 1.32. The van der Waals surface area contributed by atoms with E-state index in [1.807, 2.05) is 14.1 Å². The zero-order valence-corrected chi connectivity index (χ0v) is 8.63. The van der Waals surface area contributed by atoms with Crippen molar-refractivity contribution in [2.75, 3.05) is 19.4 Å². The second-order valence-corrected chi connectivity index (χ2v) is 3.18. The Bertz CT molecular complexity index is 265. The molecule has 0 aromatic carbocycles. The van der Waals surface area contributed by atoms with Crippen LogP contribution in [0.25, 0.3) is 0 Å². The smallest absolute Gasteiger partial charge is 0.224 e. The van der Waals surface area contributed by atoms with Crippen LogP contribution in [0.3, 0.4) is 0 Å². The molecule has 0 aliphatic carbocycles. The van der Waals surface area contributed by atoms with Crippen molar-refractivity contribution in [3.63, 3.8) is 0 Å². The molecule has 0 aliphatic heterocycles. The molecule has 1 aromatic rings. The fourth-order valence-corrected chi connectivity index (χ4v) is 1.32. The molecule has 5 heteroatoms. The Hall–Kier alpha value is -1.10. The number of rotatable bonds is 4. The molecule has 1 heterocycles. The number of nitrogens with zero attached hydrogens (tertiary/aromatic N) is 3. The van der Waals surface area contributed by atoms with Gasteiger partial charge in [0, 0.05) is 13.1 Å². The Kier molecular flexibility index (Phi) is 3.25. The summed E-state index contributed by atoms with van der Waals surface area (Å²) >= 11 is 0. The van der Waals surface area contributed by atoms with E-state index in [2.05, 4.69) is 39.2 Å². The van der Waals surface area contributed by atoms with Gasteiger partial charge in [-0.05, 0) is 20.9 Å². The summed E-state index contributed by atoms with van der Waals surface area (Å²) in [6.45, 7) is 4.97. The van der Waals surface area contributed by atoms with Crippen molar-refractivity contribution < 1.29 is 0 Å². The maximum absolute atomic E-state index is 4.09. The van der Waals surface area contributed by atoms with Crippen LogP contribution >= 0.6 is 0 Å². The first-order chi connectivity index (χ1) is 6.20. The summed E-state index contributed by atoms with van der Waals surface area (Å²) in [5.41, 5.74) is 0. The van der Waals surface area contributed by atoms with E-state index in [0.717, 1.165) is 18.3 Å².